The van der Waals surface area contributed by atoms with E-state index in [2.05, 4.69) is 45.6 Å². The summed E-state index contributed by atoms with van der Waals surface area (Å²) in [6, 6.07) is 12.5. The number of halogens is 2. The Kier molecular flexibility index (Phi) is 7.98. The van der Waals surface area contributed by atoms with Gasteiger partial charge >= 0.3 is 0 Å². The molecule has 0 saturated heterocycles. The molecule has 0 aliphatic rings. The molecule has 0 amide bonds. The molecule has 1 aromatic heterocycles. The molecule has 0 bridgehead atoms. The van der Waals surface area contributed by atoms with Gasteiger partial charge in [-0.1, -0.05) is 30.3 Å². The van der Waals surface area contributed by atoms with Crippen LogP contribution in [0, 0.1) is 5.38 Å². The van der Waals surface area contributed by atoms with Crippen molar-refractivity contribution >= 4 is 27.3 Å². The Hall–Kier alpha value is 0.503. The van der Waals surface area contributed by atoms with Crippen molar-refractivity contribution < 1.29 is 36.5 Å². The standard InChI is InChI=1S/C11H8BrS.BrH.Zn/c12-11-10(6-7-13-11)8-9-4-2-1-3-5-9;;/h1-6H,8H2;1H;/p-1. The van der Waals surface area contributed by atoms with Gasteiger partial charge in [-0.25, -0.2) is 0 Å². The van der Waals surface area contributed by atoms with Gasteiger partial charge in [0.05, 0.1) is 3.79 Å². The van der Waals surface area contributed by atoms with Gasteiger partial charge in [-0.05, 0) is 39.5 Å². The number of hydrogen-bond donors (Lipinski definition) is 0. The molecular formula is C11H8Br2SZn-. The maximum absolute atomic E-state index is 3.51. The molecule has 0 N–H and O–H groups in total. The SMILES string of the molecule is Brc1s[c]cc1Cc1ccccc1.[Br-].[Zn]. The van der Waals surface area contributed by atoms with Crippen LogP contribution in [0.3, 0.4) is 0 Å². The van der Waals surface area contributed by atoms with Crippen molar-refractivity contribution in [2.24, 2.45) is 0 Å². The van der Waals surface area contributed by atoms with Gasteiger partial charge in [-0.15, -0.1) is 11.3 Å². The molecule has 0 unspecified atom stereocenters. The zero-order chi connectivity index (χ0) is 9.10. The summed E-state index contributed by atoms with van der Waals surface area (Å²) in [5.41, 5.74) is 2.66. The van der Waals surface area contributed by atoms with Crippen LogP contribution < -0.4 is 17.0 Å². The van der Waals surface area contributed by atoms with Crippen molar-refractivity contribution in [2.75, 3.05) is 0 Å². The van der Waals surface area contributed by atoms with Crippen molar-refractivity contribution in [3.63, 3.8) is 0 Å². The van der Waals surface area contributed by atoms with Crippen molar-refractivity contribution in [1.82, 2.24) is 0 Å². The fourth-order valence-corrected chi connectivity index (χ4v) is 2.31. The van der Waals surface area contributed by atoms with Crippen molar-refractivity contribution in [2.45, 2.75) is 6.42 Å². The van der Waals surface area contributed by atoms with Gasteiger partial charge in [0.15, 0.2) is 0 Å². The Morgan fingerprint density at radius 2 is 1.87 bits per heavy atom. The normalized spacial score (nSPS) is 8.87. The molecule has 0 saturated carbocycles. The zero-order valence-electron chi connectivity index (χ0n) is 8.04. The van der Waals surface area contributed by atoms with Crippen LogP contribution in [0.25, 0.3) is 0 Å². The van der Waals surface area contributed by atoms with Gasteiger partial charge in [-0.2, -0.15) is 0 Å². The Morgan fingerprint density at radius 1 is 1.20 bits per heavy atom. The molecule has 75 valence electrons. The number of rotatable bonds is 2. The second-order valence-corrected chi connectivity index (χ2v) is 4.99. The molecule has 1 heterocycles. The van der Waals surface area contributed by atoms with Crippen LogP contribution in [0.2, 0.25) is 0 Å². The topological polar surface area (TPSA) is 0 Å². The van der Waals surface area contributed by atoms with Crippen LogP contribution in [-0.4, -0.2) is 0 Å². The predicted molar refractivity (Wildman–Crippen MR) is 60.1 cm³/mol. The fourth-order valence-electron chi connectivity index (χ4n) is 1.21. The number of hydrogen-bond acceptors (Lipinski definition) is 1. The summed E-state index contributed by atoms with van der Waals surface area (Å²) in [6.45, 7) is 0. The van der Waals surface area contributed by atoms with E-state index in [1.807, 2.05) is 12.1 Å². The molecule has 0 nitrogen and oxygen atoms in total. The van der Waals surface area contributed by atoms with Crippen LogP contribution in [0.5, 0.6) is 0 Å². The van der Waals surface area contributed by atoms with Gasteiger partial charge in [0.25, 0.3) is 0 Å². The van der Waals surface area contributed by atoms with E-state index in [9.17, 15) is 0 Å². The van der Waals surface area contributed by atoms with Crippen molar-refractivity contribution in [1.29, 1.82) is 0 Å². The van der Waals surface area contributed by atoms with E-state index in [4.69, 9.17) is 0 Å². The molecule has 2 rings (SSSR count). The minimum Gasteiger partial charge on any atom is -1.00 e. The first-order valence-electron chi connectivity index (χ1n) is 4.04. The molecule has 0 atom stereocenters. The average molecular weight is 397 g/mol. The van der Waals surface area contributed by atoms with Crippen molar-refractivity contribution in [3.05, 3.63) is 56.7 Å². The quantitative estimate of drug-likeness (QED) is 0.661. The third-order valence-corrected chi connectivity index (χ3v) is 3.54. The Bertz CT molecular complexity index is 386. The molecule has 1 aromatic carbocycles. The van der Waals surface area contributed by atoms with E-state index in [1.54, 1.807) is 11.3 Å². The summed E-state index contributed by atoms with van der Waals surface area (Å²) in [4.78, 5) is 0. The maximum atomic E-state index is 3.51. The summed E-state index contributed by atoms with van der Waals surface area (Å²) in [7, 11) is 0. The first-order chi connectivity index (χ1) is 6.36. The maximum Gasteiger partial charge on any atom is 0.0740 e. The second-order valence-electron chi connectivity index (χ2n) is 2.83. The van der Waals surface area contributed by atoms with Gasteiger partial charge in [0, 0.05) is 24.9 Å². The zero-order valence-corrected chi connectivity index (χ0v) is 15.0. The van der Waals surface area contributed by atoms with Gasteiger partial charge in [-0.3, -0.25) is 0 Å². The Labute approximate surface area is 126 Å². The van der Waals surface area contributed by atoms with E-state index >= 15 is 0 Å². The van der Waals surface area contributed by atoms with E-state index in [-0.39, 0.29) is 36.5 Å². The number of thiophene rings is 1. The molecule has 2 aromatic rings. The third kappa shape index (κ3) is 4.48. The van der Waals surface area contributed by atoms with Gasteiger partial charge in [0.1, 0.15) is 0 Å². The largest absolute Gasteiger partial charge is 1.00 e. The van der Waals surface area contributed by atoms with Crippen LogP contribution in [0.4, 0.5) is 0 Å². The third-order valence-electron chi connectivity index (χ3n) is 1.87. The molecule has 1 radical (unpaired) electrons. The summed E-state index contributed by atoms with van der Waals surface area (Å²) in [5, 5.41) is 3.11. The molecule has 0 spiro atoms. The minimum absolute atomic E-state index is 0. The minimum atomic E-state index is 0. The monoisotopic (exact) mass is 394 g/mol. The first kappa shape index (κ1) is 15.5. The Balaban J connectivity index is 0.000000980. The molecule has 0 fully saturated rings. The van der Waals surface area contributed by atoms with E-state index < -0.39 is 0 Å². The fraction of sp³-hybridized carbons (Fsp3) is 0.0909. The van der Waals surface area contributed by atoms with Gasteiger partial charge < -0.3 is 17.0 Å². The molecule has 0 aliphatic carbocycles. The first-order valence-corrected chi connectivity index (χ1v) is 5.65. The predicted octanol–water partition coefficient (Wildman–Crippen LogP) is 0.903. The molecule has 15 heavy (non-hydrogen) atoms. The van der Waals surface area contributed by atoms with E-state index in [0.29, 0.717) is 0 Å². The van der Waals surface area contributed by atoms with E-state index in [1.165, 1.54) is 14.9 Å². The molecular weight excluding hydrogens is 389 g/mol. The smallest absolute Gasteiger partial charge is 0.0740 e. The molecule has 0 aliphatic heterocycles. The van der Waals surface area contributed by atoms with Crippen LogP contribution in [0.15, 0.2) is 40.2 Å². The van der Waals surface area contributed by atoms with Crippen molar-refractivity contribution in [3.8, 4) is 0 Å². The summed E-state index contributed by atoms with van der Waals surface area (Å²) < 4.78 is 1.19. The van der Waals surface area contributed by atoms with Crippen LogP contribution in [0.1, 0.15) is 11.1 Å². The van der Waals surface area contributed by atoms with Crippen LogP contribution >= 0.6 is 27.3 Å². The van der Waals surface area contributed by atoms with Crippen LogP contribution in [-0.2, 0) is 25.9 Å². The average Bonchev–Trinajstić information content (AvgIpc) is 2.54. The van der Waals surface area contributed by atoms with Gasteiger partial charge in [0.2, 0.25) is 0 Å². The summed E-state index contributed by atoms with van der Waals surface area (Å²) in [6.07, 6.45) is 0.988. The summed E-state index contributed by atoms with van der Waals surface area (Å²) >= 11 is 5.13. The number of benzene rings is 1. The van der Waals surface area contributed by atoms with E-state index in [0.717, 1.165) is 6.42 Å². The molecule has 4 heteroatoms. The second kappa shape index (κ2) is 7.72. The summed E-state index contributed by atoms with van der Waals surface area (Å²) in [5.74, 6) is 0. The Morgan fingerprint density at radius 3 is 2.40 bits per heavy atom.